The summed E-state index contributed by atoms with van der Waals surface area (Å²) < 4.78 is 0. The Morgan fingerprint density at radius 2 is 1.94 bits per heavy atom. The van der Waals surface area contributed by atoms with Crippen LogP contribution in [0, 0.1) is 6.92 Å². The van der Waals surface area contributed by atoms with Crippen LogP contribution in [0.4, 0.5) is 5.69 Å². The largest absolute Gasteiger partial charge is 0.379 e. The number of hydrogen-bond acceptors (Lipinski definition) is 2. The Hall–Kier alpha value is -1.54. The van der Waals surface area contributed by atoms with Crippen molar-refractivity contribution >= 4 is 17.3 Å². The van der Waals surface area contributed by atoms with Gasteiger partial charge in [0, 0.05) is 11.4 Å². The fourth-order valence-electron chi connectivity index (χ4n) is 1.89. The third-order valence-electron chi connectivity index (χ3n) is 2.80. The van der Waals surface area contributed by atoms with E-state index in [2.05, 4.69) is 10.3 Å². The Balaban J connectivity index is 2.11. The standard InChI is InChI=1S/C15H17ClN2/c1-11-6-5-7-13(18-11)10-17-15-9-4-3-8-14(15)12(2)16/h3-9,12,17H,10H2,1-2H3. The highest BCUT2D eigenvalue weighted by Gasteiger charge is 2.06. The molecule has 18 heavy (non-hydrogen) atoms. The highest BCUT2D eigenvalue weighted by atomic mass is 35.5. The number of hydrogen-bond donors (Lipinski definition) is 1. The first kappa shape index (κ1) is 12.9. The van der Waals surface area contributed by atoms with Gasteiger partial charge in [-0.05, 0) is 37.6 Å². The summed E-state index contributed by atoms with van der Waals surface area (Å²) in [6, 6.07) is 14.1. The number of para-hydroxylation sites is 1. The first-order valence-electron chi connectivity index (χ1n) is 6.06. The van der Waals surface area contributed by atoms with Crippen molar-refractivity contribution in [1.82, 2.24) is 4.98 Å². The van der Waals surface area contributed by atoms with Gasteiger partial charge in [0.05, 0.1) is 17.6 Å². The van der Waals surface area contributed by atoms with Gasteiger partial charge < -0.3 is 5.32 Å². The maximum Gasteiger partial charge on any atom is 0.0597 e. The molecule has 1 unspecified atom stereocenters. The van der Waals surface area contributed by atoms with E-state index in [1.165, 1.54) is 0 Å². The molecule has 1 N–H and O–H groups in total. The lowest BCUT2D eigenvalue weighted by molar-refractivity contribution is 1.00. The minimum absolute atomic E-state index is 0.000770. The topological polar surface area (TPSA) is 24.9 Å². The zero-order chi connectivity index (χ0) is 13.0. The van der Waals surface area contributed by atoms with Crippen LogP contribution in [0.2, 0.25) is 0 Å². The van der Waals surface area contributed by atoms with Crippen LogP contribution >= 0.6 is 11.6 Å². The molecule has 0 aliphatic carbocycles. The molecule has 0 spiro atoms. The molecule has 1 aromatic heterocycles. The molecule has 1 heterocycles. The van der Waals surface area contributed by atoms with Crippen molar-refractivity contribution in [2.75, 3.05) is 5.32 Å². The molecule has 2 nitrogen and oxygen atoms in total. The van der Waals surface area contributed by atoms with E-state index in [-0.39, 0.29) is 5.38 Å². The van der Waals surface area contributed by atoms with Gasteiger partial charge in [0.25, 0.3) is 0 Å². The second-order valence-corrected chi connectivity index (χ2v) is 4.98. The highest BCUT2D eigenvalue weighted by molar-refractivity contribution is 6.21. The van der Waals surface area contributed by atoms with Gasteiger partial charge in [-0.1, -0.05) is 24.3 Å². The minimum atomic E-state index is -0.000770. The molecule has 3 heteroatoms. The summed E-state index contributed by atoms with van der Waals surface area (Å²) in [6.07, 6.45) is 0. The summed E-state index contributed by atoms with van der Waals surface area (Å²) in [5, 5.41) is 3.39. The van der Waals surface area contributed by atoms with Gasteiger partial charge in [-0.25, -0.2) is 0 Å². The predicted molar refractivity (Wildman–Crippen MR) is 77.0 cm³/mol. The number of halogens is 1. The van der Waals surface area contributed by atoms with Crippen LogP contribution in [-0.4, -0.2) is 4.98 Å². The lowest BCUT2D eigenvalue weighted by atomic mass is 10.1. The predicted octanol–water partition coefficient (Wildman–Crippen LogP) is 4.30. The summed E-state index contributed by atoms with van der Waals surface area (Å²) >= 11 is 6.16. The fourth-order valence-corrected chi connectivity index (χ4v) is 2.08. The van der Waals surface area contributed by atoms with Crippen LogP contribution in [0.25, 0.3) is 0 Å². The van der Waals surface area contributed by atoms with Crippen LogP contribution < -0.4 is 5.32 Å². The molecule has 0 saturated carbocycles. The molecule has 0 aliphatic rings. The molecule has 0 amide bonds. The zero-order valence-corrected chi connectivity index (χ0v) is 11.4. The van der Waals surface area contributed by atoms with Crippen LogP contribution in [0.3, 0.4) is 0 Å². The van der Waals surface area contributed by atoms with Gasteiger partial charge >= 0.3 is 0 Å². The number of rotatable bonds is 4. The minimum Gasteiger partial charge on any atom is -0.379 e. The average Bonchev–Trinajstić information content (AvgIpc) is 2.37. The third-order valence-corrected chi connectivity index (χ3v) is 3.03. The van der Waals surface area contributed by atoms with Crippen molar-refractivity contribution < 1.29 is 0 Å². The fraction of sp³-hybridized carbons (Fsp3) is 0.267. The summed E-state index contributed by atoms with van der Waals surface area (Å²) in [7, 11) is 0. The van der Waals surface area contributed by atoms with E-state index in [0.717, 1.165) is 22.6 Å². The van der Waals surface area contributed by atoms with Crippen molar-refractivity contribution in [3.05, 3.63) is 59.4 Å². The lowest BCUT2D eigenvalue weighted by Crippen LogP contribution is -2.04. The Bertz CT molecular complexity index is 523. The number of pyridine rings is 1. The summed E-state index contributed by atoms with van der Waals surface area (Å²) in [6.45, 7) is 4.69. The van der Waals surface area contributed by atoms with Gasteiger partial charge in [-0.15, -0.1) is 11.6 Å². The van der Waals surface area contributed by atoms with Gasteiger partial charge in [0.1, 0.15) is 0 Å². The zero-order valence-electron chi connectivity index (χ0n) is 10.7. The number of aryl methyl sites for hydroxylation is 1. The second kappa shape index (κ2) is 5.87. The molecular weight excluding hydrogens is 244 g/mol. The molecular formula is C15H17ClN2. The van der Waals surface area contributed by atoms with E-state index in [4.69, 9.17) is 11.6 Å². The quantitative estimate of drug-likeness (QED) is 0.829. The first-order chi connectivity index (χ1) is 8.66. The number of nitrogens with zero attached hydrogens (tertiary/aromatic N) is 1. The summed E-state index contributed by atoms with van der Waals surface area (Å²) in [5.41, 5.74) is 4.26. The molecule has 1 aromatic carbocycles. The van der Waals surface area contributed by atoms with Crippen molar-refractivity contribution in [2.24, 2.45) is 0 Å². The highest BCUT2D eigenvalue weighted by Crippen LogP contribution is 2.27. The maximum absolute atomic E-state index is 6.16. The number of nitrogens with one attached hydrogen (secondary N) is 1. The normalized spacial score (nSPS) is 12.2. The first-order valence-corrected chi connectivity index (χ1v) is 6.50. The number of anilines is 1. The van der Waals surface area contributed by atoms with Gasteiger partial charge in [-0.3, -0.25) is 4.98 Å². The van der Waals surface area contributed by atoms with Crippen LogP contribution in [0.1, 0.15) is 29.3 Å². The smallest absolute Gasteiger partial charge is 0.0597 e. The van der Waals surface area contributed by atoms with Crippen LogP contribution in [0.15, 0.2) is 42.5 Å². The third kappa shape index (κ3) is 3.23. The molecule has 2 rings (SSSR count). The maximum atomic E-state index is 6.16. The SMILES string of the molecule is Cc1cccc(CNc2ccccc2C(C)Cl)n1. The van der Waals surface area contributed by atoms with Gasteiger partial charge in [0.15, 0.2) is 0 Å². The molecule has 0 radical (unpaired) electrons. The van der Waals surface area contributed by atoms with Crippen LogP contribution in [-0.2, 0) is 6.54 Å². The number of aromatic nitrogens is 1. The van der Waals surface area contributed by atoms with E-state index in [9.17, 15) is 0 Å². The van der Waals surface area contributed by atoms with E-state index < -0.39 is 0 Å². The Morgan fingerprint density at radius 1 is 1.17 bits per heavy atom. The number of alkyl halides is 1. The molecule has 0 bridgehead atoms. The summed E-state index contributed by atoms with van der Waals surface area (Å²) in [5.74, 6) is 0. The Morgan fingerprint density at radius 3 is 2.67 bits per heavy atom. The Labute approximate surface area is 113 Å². The lowest BCUT2D eigenvalue weighted by Gasteiger charge is -2.13. The monoisotopic (exact) mass is 260 g/mol. The van der Waals surface area contributed by atoms with E-state index >= 15 is 0 Å². The summed E-state index contributed by atoms with van der Waals surface area (Å²) in [4.78, 5) is 4.47. The van der Waals surface area contributed by atoms with Crippen molar-refractivity contribution in [2.45, 2.75) is 25.8 Å². The average molecular weight is 261 g/mol. The molecule has 1 atom stereocenters. The number of benzene rings is 1. The van der Waals surface area contributed by atoms with Gasteiger partial charge in [-0.2, -0.15) is 0 Å². The molecule has 0 fully saturated rings. The molecule has 0 saturated heterocycles. The second-order valence-electron chi connectivity index (χ2n) is 4.33. The van der Waals surface area contributed by atoms with Crippen molar-refractivity contribution in [1.29, 1.82) is 0 Å². The Kier molecular flexibility index (Phi) is 4.21. The van der Waals surface area contributed by atoms with E-state index in [1.807, 2.05) is 56.3 Å². The van der Waals surface area contributed by atoms with Gasteiger partial charge in [0.2, 0.25) is 0 Å². The molecule has 0 aliphatic heterocycles. The molecule has 2 aromatic rings. The van der Waals surface area contributed by atoms with E-state index in [1.54, 1.807) is 0 Å². The van der Waals surface area contributed by atoms with Crippen LogP contribution in [0.5, 0.6) is 0 Å². The van der Waals surface area contributed by atoms with E-state index in [0.29, 0.717) is 6.54 Å². The van der Waals surface area contributed by atoms with Crippen molar-refractivity contribution in [3.8, 4) is 0 Å². The molecule has 94 valence electrons. The van der Waals surface area contributed by atoms with Crippen molar-refractivity contribution in [3.63, 3.8) is 0 Å².